The molecule has 0 bridgehead atoms. The van der Waals surface area contributed by atoms with E-state index in [2.05, 4.69) is 25.0 Å². The van der Waals surface area contributed by atoms with Gasteiger partial charge < -0.3 is 10.2 Å². The van der Waals surface area contributed by atoms with Crippen LogP contribution in [0.15, 0.2) is 54.7 Å². The SMILES string of the molecule is O=C(NCc1ccc(Cl)cc1F)c1cnc(N2CCN(C3CCN(Cc4ccc(F)cc4)CC3)CC2)c(Cl)c1.[HH]. The highest BCUT2D eigenvalue weighted by atomic mass is 35.5. The van der Waals surface area contributed by atoms with Gasteiger partial charge in [0, 0.05) is 63.5 Å². The Morgan fingerprint density at radius 1 is 0.974 bits per heavy atom. The topological polar surface area (TPSA) is 51.7 Å². The van der Waals surface area contributed by atoms with E-state index in [-0.39, 0.29) is 19.7 Å². The Hall–Kier alpha value is -2.78. The molecule has 6 nitrogen and oxygen atoms in total. The molecule has 1 amide bonds. The summed E-state index contributed by atoms with van der Waals surface area (Å²) in [4.78, 5) is 24.2. The molecular weight excluding hydrogens is 543 g/mol. The summed E-state index contributed by atoms with van der Waals surface area (Å²) < 4.78 is 27.2. The maximum absolute atomic E-state index is 14.0. The van der Waals surface area contributed by atoms with Gasteiger partial charge >= 0.3 is 0 Å². The molecule has 0 aliphatic carbocycles. The number of nitrogens with zero attached hydrogens (tertiary/aromatic N) is 4. The van der Waals surface area contributed by atoms with Crippen LogP contribution in [0.4, 0.5) is 14.6 Å². The van der Waals surface area contributed by atoms with Crippen molar-refractivity contribution in [2.45, 2.75) is 32.0 Å². The van der Waals surface area contributed by atoms with Crippen molar-refractivity contribution in [1.29, 1.82) is 0 Å². The number of piperidine rings is 1. The van der Waals surface area contributed by atoms with Crippen molar-refractivity contribution in [3.05, 3.63) is 93.1 Å². The second-order valence-electron chi connectivity index (χ2n) is 10.1. The normalized spacial score (nSPS) is 17.4. The number of anilines is 1. The first-order valence-electron chi connectivity index (χ1n) is 13.2. The Kier molecular flexibility index (Phi) is 8.97. The molecule has 2 aliphatic rings. The summed E-state index contributed by atoms with van der Waals surface area (Å²) in [7, 11) is 0. The zero-order valence-electron chi connectivity index (χ0n) is 21.6. The molecule has 2 aliphatic heterocycles. The number of piperazine rings is 1. The van der Waals surface area contributed by atoms with Crippen molar-refractivity contribution in [3.8, 4) is 0 Å². The van der Waals surface area contributed by atoms with Crippen molar-refractivity contribution in [2.24, 2.45) is 0 Å². The monoisotopic (exact) mass is 575 g/mol. The Morgan fingerprint density at radius 3 is 2.36 bits per heavy atom. The van der Waals surface area contributed by atoms with E-state index in [1.165, 1.54) is 24.4 Å². The van der Waals surface area contributed by atoms with Crippen LogP contribution < -0.4 is 10.2 Å². The molecule has 0 saturated carbocycles. The zero-order chi connectivity index (χ0) is 27.4. The van der Waals surface area contributed by atoms with E-state index in [1.54, 1.807) is 18.2 Å². The maximum atomic E-state index is 14.0. The van der Waals surface area contributed by atoms with Crippen molar-refractivity contribution < 1.29 is 15.0 Å². The van der Waals surface area contributed by atoms with Gasteiger partial charge in [-0.15, -0.1) is 0 Å². The van der Waals surface area contributed by atoms with Crippen LogP contribution in [-0.4, -0.2) is 66.0 Å². The fourth-order valence-corrected chi connectivity index (χ4v) is 5.76. The Morgan fingerprint density at radius 2 is 1.69 bits per heavy atom. The first-order chi connectivity index (χ1) is 18.9. The largest absolute Gasteiger partial charge is 0.353 e. The number of carbonyl (C=O) groups is 1. The molecule has 1 N–H and O–H groups in total. The van der Waals surface area contributed by atoms with Gasteiger partial charge in [-0.1, -0.05) is 41.4 Å². The minimum atomic E-state index is -0.469. The van der Waals surface area contributed by atoms with Gasteiger partial charge in [0.1, 0.15) is 17.5 Å². The van der Waals surface area contributed by atoms with Gasteiger partial charge in [-0.3, -0.25) is 14.6 Å². The molecule has 3 heterocycles. The molecule has 2 aromatic carbocycles. The summed E-state index contributed by atoms with van der Waals surface area (Å²) >= 11 is 12.3. The van der Waals surface area contributed by atoms with E-state index < -0.39 is 5.82 Å². The number of rotatable bonds is 7. The molecule has 1 aromatic heterocycles. The first-order valence-corrected chi connectivity index (χ1v) is 13.9. The predicted molar refractivity (Wildman–Crippen MR) is 152 cm³/mol. The van der Waals surface area contributed by atoms with Crippen molar-refractivity contribution in [1.82, 2.24) is 20.1 Å². The number of pyridine rings is 1. The first kappa shape index (κ1) is 27.8. The number of amides is 1. The lowest BCUT2D eigenvalue weighted by atomic mass is 10.0. The summed E-state index contributed by atoms with van der Waals surface area (Å²) in [5, 5.41) is 3.43. The molecule has 2 fully saturated rings. The summed E-state index contributed by atoms with van der Waals surface area (Å²) in [6.07, 6.45) is 3.74. The number of halogens is 4. The second kappa shape index (κ2) is 12.6. The van der Waals surface area contributed by atoms with Gasteiger partial charge in [-0.2, -0.15) is 0 Å². The van der Waals surface area contributed by atoms with Gasteiger partial charge in [-0.05, 0) is 61.8 Å². The summed E-state index contributed by atoms with van der Waals surface area (Å²) in [5.41, 5.74) is 1.82. The molecule has 0 spiro atoms. The van der Waals surface area contributed by atoms with Crippen LogP contribution in [0, 0.1) is 11.6 Å². The fraction of sp³-hybridized carbons (Fsp3) is 0.379. The highest BCUT2D eigenvalue weighted by Crippen LogP contribution is 2.27. The fourth-order valence-electron chi connectivity index (χ4n) is 5.32. The van der Waals surface area contributed by atoms with Crippen LogP contribution in [0.3, 0.4) is 0 Å². The lowest BCUT2D eigenvalue weighted by molar-refractivity contribution is 0.0950. The smallest absolute Gasteiger partial charge is 0.253 e. The molecular formula is C29H33Cl2F2N5O. The average molecular weight is 577 g/mol. The molecule has 39 heavy (non-hydrogen) atoms. The van der Waals surface area contributed by atoms with E-state index >= 15 is 0 Å². The number of likely N-dealkylation sites (tertiary alicyclic amines) is 1. The number of hydrogen-bond acceptors (Lipinski definition) is 5. The Bertz CT molecular complexity index is 1300. The third kappa shape index (κ3) is 7.06. The Labute approximate surface area is 239 Å². The highest BCUT2D eigenvalue weighted by molar-refractivity contribution is 6.33. The summed E-state index contributed by atoms with van der Waals surface area (Å²) in [5.74, 6) is -0.367. The molecule has 2 saturated heterocycles. The number of hydrogen-bond donors (Lipinski definition) is 1. The standard InChI is InChI=1S/C29H31Cl2F2N5O.H2/c30-23-4-3-21(27(33)16-23)17-35-29(39)22-15-26(31)28(34-18-22)38-13-11-37(12-14-38)25-7-9-36(10-8-25)19-20-1-5-24(32)6-2-20;/h1-6,15-16,18,25H,7-14,17,19H2,(H,35,39);1H. The number of nitrogens with one attached hydrogen (secondary N) is 1. The predicted octanol–water partition coefficient (Wildman–Crippen LogP) is 5.63. The summed E-state index contributed by atoms with van der Waals surface area (Å²) in [6, 6.07) is 13.3. The molecule has 0 unspecified atom stereocenters. The lowest BCUT2D eigenvalue weighted by Gasteiger charge is -2.43. The number of benzene rings is 2. The molecule has 0 radical (unpaired) electrons. The minimum Gasteiger partial charge on any atom is -0.353 e. The van der Waals surface area contributed by atoms with Crippen LogP contribution in [0.5, 0.6) is 0 Å². The van der Waals surface area contributed by atoms with E-state index in [4.69, 9.17) is 23.2 Å². The highest BCUT2D eigenvalue weighted by Gasteiger charge is 2.28. The van der Waals surface area contributed by atoms with E-state index in [0.29, 0.717) is 33.0 Å². The summed E-state index contributed by atoms with van der Waals surface area (Å²) in [6.45, 7) is 6.43. The van der Waals surface area contributed by atoms with E-state index in [9.17, 15) is 13.6 Å². The second-order valence-corrected chi connectivity index (χ2v) is 10.9. The van der Waals surface area contributed by atoms with Crippen molar-refractivity contribution in [2.75, 3.05) is 44.2 Å². The average Bonchev–Trinajstić information content (AvgIpc) is 2.94. The van der Waals surface area contributed by atoms with Crippen molar-refractivity contribution in [3.63, 3.8) is 0 Å². The van der Waals surface area contributed by atoms with Crippen LogP contribution in [-0.2, 0) is 13.1 Å². The van der Waals surface area contributed by atoms with Gasteiger partial charge in [0.25, 0.3) is 5.91 Å². The van der Waals surface area contributed by atoms with Gasteiger partial charge in [0.05, 0.1) is 10.6 Å². The quantitative estimate of drug-likeness (QED) is 0.395. The Balaban J connectivity index is 0.00000370. The van der Waals surface area contributed by atoms with E-state index in [1.807, 2.05) is 12.1 Å². The zero-order valence-corrected chi connectivity index (χ0v) is 23.1. The van der Waals surface area contributed by atoms with Gasteiger partial charge in [0.2, 0.25) is 0 Å². The number of aromatic nitrogens is 1. The van der Waals surface area contributed by atoms with Crippen LogP contribution in [0.25, 0.3) is 0 Å². The van der Waals surface area contributed by atoms with Crippen LogP contribution in [0.2, 0.25) is 10.0 Å². The molecule has 0 atom stereocenters. The molecule has 3 aromatic rings. The van der Waals surface area contributed by atoms with Gasteiger partial charge in [-0.25, -0.2) is 13.8 Å². The molecule has 10 heteroatoms. The third-order valence-electron chi connectivity index (χ3n) is 7.55. The van der Waals surface area contributed by atoms with Crippen molar-refractivity contribution >= 4 is 34.9 Å². The van der Waals surface area contributed by atoms with Crippen LogP contribution >= 0.6 is 23.2 Å². The molecule has 208 valence electrons. The maximum Gasteiger partial charge on any atom is 0.253 e. The minimum absolute atomic E-state index is 0. The number of carbonyl (C=O) groups excluding carboxylic acids is 1. The lowest BCUT2D eigenvalue weighted by Crippen LogP contribution is -2.53. The third-order valence-corrected chi connectivity index (χ3v) is 8.06. The van der Waals surface area contributed by atoms with Gasteiger partial charge in [0.15, 0.2) is 0 Å². The molecule has 5 rings (SSSR count). The van der Waals surface area contributed by atoms with E-state index in [0.717, 1.165) is 64.2 Å². The van der Waals surface area contributed by atoms with Crippen LogP contribution in [0.1, 0.15) is 35.8 Å².